The van der Waals surface area contributed by atoms with Crippen LogP contribution >= 0.6 is 0 Å². The number of benzene rings is 3. The summed E-state index contributed by atoms with van der Waals surface area (Å²) in [7, 11) is 0. The zero-order chi connectivity index (χ0) is 24.0. The molecule has 0 bridgehead atoms. The minimum atomic E-state index is -0.0943. The molecule has 7 nitrogen and oxygen atoms in total. The maximum Gasteiger partial charge on any atom is 0.241 e. The van der Waals surface area contributed by atoms with Crippen molar-refractivity contribution in [3.8, 4) is 22.9 Å². The number of aromatic nitrogens is 2. The predicted molar refractivity (Wildman–Crippen MR) is 134 cm³/mol. The Morgan fingerprint density at radius 2 is 1.86 bits per heavy atom. The van der Waals surface area contributed by atoms with Gasteiger partial charge in [-0.3, -0.25) is 9.69 Å². The van der Waals surface area contributed by atoms with Crippen molar-refractivity contribution in [3.63, 3.8) is 0 Å². The second kappa shape index (κ2) is 10.5. The molecule has 1 aliphatic heterocycles. The van der Waals surface area contributed by atoms with Gasteiger partial charge in [-0.05, 0) is 68.8 Å². The molecular formula is C28H28N4O3. The fourth-order valence-corrected chi connectivity index (χ4v) is 4.30. The van der Waals surface area contributed by atoms with Gasteiger partial charge in [0.05, 0.1) is 12.5 Å². The van der Waals surface area contributed by atoms with Crippen LogP contribution in [0.4, 0.5) is 5.69 Å². The number of hydrogen-bond donors (Lipinski definition) is 1. The standard InChI is InChI=1S/C28H28N4O3/c1-20-7-5-8-21(17-20)27-30-26(35-31-27)19-32-16-6-9-22(18-32)28(33)29-23-12-14-25(15-13-23)34-24-10-3-2-4-11-24/h2-5,7-8,10-15,17,22H,6,9,16,18-19H2,1H3,(H,29,33). The molecule has 3 aromatic carbocycles. The maximum absolute atomic E-state index is 12.9. The van der Waals surface area contributed by atoms with Gasteiger partial charge in [0.15, 0.2) is 0 Å². The summed E-state index contributed by atoms with van der Waals surface area (Å²) in [5, 5.41) is 7.18. The van der Waals surface area contributed by atoms with Crippen LogP contribution in [0, 0.1) is 12.8 Å². The molecule has 4 aromatic rings. The predicted octanol–water partition coefficient (Wildman–Crippen LogP) is 5.69. The van der Waals surface area contributed by atoms with E-state index in [1.807, 2.05) is 85.8 Å². The summed E-state index contributed by atoms with van der Waals surface area (Å²) in [5.41, 5.74) is 2.85. The molecule has 0 saturated carbocycles. The van der Waals surface area contributed by atoms with Gasteiger partial charge in [0.2, 0.25) is 17.6 Å². The lowest BCUT2D eigenvalue weighted by molar-refractivity contribution is -0.121. The number of piperidine rings is 1. The Kier molecular flexibility index (Phi) is 6.86. The smallest absolute Gasteiger partial charge is 0.241 e. The van der Waals surface area contributed by atoms with Crippen molar-refractivity contribution in [2.24, 2.45) is 5.92 Å². The molecule has 0 aliphatic carbocycles. The van der Waals surface area contributed by atoms with Crippen LogP contribution in [0.3, 0.4) is 0 Å². The van der Waals surface area contributed by atoms with Crippen molar-refractivity contribution < 1.29 is 14.1 Å². The van der Waals surface area contributed by atoms with Gasteiger partial charge in [-0.15, -0.1) is 0 Å². The van der Waals surface area contributed by atoms with Gasteiger partial charge in [-0.25, -0.2) is 0 Å². The summed E-state index contributed by atoms with van der Waals surface area (Å²) in [6, 6.07) is 25.1. The third-order valence-electron chi connectivity index (χ3n) is 6.08. The topological polar surface area (TPSA) is 80.5 Å². The van der Waals surface area contributed by atoms with E-state index in [-0.39, 0.29) is 11.8 Å². The molecule has 1 unspecified atom stereocenters. The van der Waals surface area contributed by atoms with E-state index < -0.39 is 0 Å². The van der Waals surface area contributed by atoms with Crippen molar-refractivity contribution >= 4 is 11.6 Å². The van der Waals surface area contributed by atoms with E-state index in [0.29, 0.717) is 24.8 Å². The summed E-state index contributed by atoms with van der Waals surface area (Å²) in [4.78, 5) is 19.7. The number of rotatable bonds is 7. The van der Waals surface area contributed by atoms with Crippen LogP contribution in [0.25, 0.3) is 11.4 Å². The van der Waals surface area contributed by atoms with E-state index in [2.05, 4.69) is 20.4 Å². The first kappa shape index (κ1) is 22.8. The van der Waals surface area contributed by atoms with Crippen LogP contribution in [0.5, 0.6) is 11.5 Å². The number of likely N-dealkylation sites (tertiary alicyclic amines) is 1. The zero-order valence-corrected chi connectivity index (χ0v) is 19.7. The van der Waals surface area contributed by atoms with Crippen molar-refractivity contribution in [2.45, 2.75) is 26.3 Å². The molecule has 1 fully saturated rings. The van der Waals surface area contributed by atoms with Crippen molar-refractivity contribution in [1.29, 1.82) is 0 Å². The Bertz CT molecular complexity index is 1270. The lowest BCUT2D eigenvalue weighted by Gasteiger charge is -2.30. The summed E-state index contributed by atoms with van der Waals surface area (Å²) >= 11 is 0. The Morgan fingerprint density at radius 3 is 2.66 bits per heavy atom. The number of aryl methyl sites for hydroxylation is 1. The zero-order valence-electron chi connectivity index (χ0n) is 19.7. The Hall–Kier alpha value is -3.97. The highest BCUT2D eigenvalue weighted by atomic mass is 16.5. The number of hydrogen-bond acceptors (Lipinski definition) is 6. The van der Waals surface area contributed by atoms with E-state index in [1.165, 1.54) is 0 Å². The van der Waals surface area contributed by atoms with Crippen LogP contribution in [-0.4, -0.2) is 34.0 Å². The van der Waals surface area contributed by atoms with Crippen molar-refractivity contribution in [1.82, 2.24) is 15.0 Å². The normalized spacial score (nSPS) is 16.1. The number of ether oxygens (including phenoxy) is 1. The summed E-state index contributed by atoms with van der Waals surface area (Å²) < 4.78 is 11.3. The van der Waals surface area contributed by atoms with Crippen LogP contribution in [0.15, 0.2) is 83.4 Å². The molecule has 1 N–H and O–H groups in total. The van der Waals surface area contributed by atoms with E-state index >= 15 is 0 Å². The largest absolute Gasteiger partial charge is 0.457 e. The number of carbonyl (C=O) groups excluding carboxylic acids is 1. The Balaban J connectivity index is 1.15. The first-order chi connectivity index (χ1) is 17.1. The van der Waals surface area contributed by atoms with E-state index in [4.69, 9.17) is 9.26 Å². The van der Waals surface area contributed by atoms with Crippen molar-refractivity contribution in [3.05, 3.63) is 90.3 Å². The Labute approximate surface area is 204 Å². The van der Waals surface area contributed by atoms with Crippen molar-refractivity contribution in [2.75, 3.05) is 18.4 Å². The highest BCUT2D eigenvalue weighted by Gasteiger charge is 2.27. The minimum absolute atomic E-state index is 0.0254. The van der Waals surface area contributed by atoms with Crippen LogP contribution in [-0.2, 0) is 11.3 Å². The molecule has 178 valence electrons. The lowest BCUT2D eigenvalue weighted by Crippen LogP contribution is -2.40. The first-order valence-electron chi connectivity index (χ1n) is 11.9. The van der Waals surface area contributed by atoms with Gasteiger partial charge >= 0.3 is 0 Å². The van der Waals surface area contributed by atoms with Gasteiger partial charge in [0, 0.05) is 17.8 Å². The third-order valence-corrected chi connectivity index (χ3v) is 6.08. The van der Waals surface area contributed by atoms with Gasteiger partial charge in [-0.1, -0.05) is 47.1 Å². The number of para-hydroxylation sites is 1. The number of nitrogens with one attached hydrogen (secondary N) is 1. The Morgan fingerprint density at radius 1 is 1.06 bits per heavy atom. The van der Waals surface area contributed by atoms with Crippen LogP contribution in [0.2, 0.25) is 0 Å². The molecule has 1 aromatic heterocycles. The number of nitrogens with zero attached hydrogens (tertiary/aromatic N) is 3. The molecule has 0 radical (unpaired) electrons. The van der Waals surface area contributed by atoms with E-state index in [0.717, 1.165) is 47.7 Å². The second-order valence-corrected chi connectivity index (χ2v) is 8.88. The fraction of sp³-hybridized carbons (Fsp3) is 0.250. The highest BCUT2D eigenvalue weighted by molar-refractivity contribution is 5.92. The average Bonchev–Trinajstić information content (AvgIpc) is 3.34. The fourth-order valence-electron chi connectivity index (χ4n) is 4.30. The van der Waals surface area contributed by atoms with E-state index in [9.17, 15) is 4.79 Å². The molecule has 35 heavy (non-hydrogen) atoms. The van der Waals surface area contributed by atoms with Gasteiger partial charge in [-0.2, -0.15) is 4.98 Å². The van der Waals surface area contributed by atoms with Crippen LogP contribution in [0.1, 0.15) is 24.3 Å². The molecule has 5 rings (SSSR count). The molecule has 1 amide bonds. The SMILES string of the molecule is Cc1cccc(-c2noc(CN3CCCC(C(=O)Nc4ccc(Oc5ccccc5)cc4)C3)n2)c1. The molecule has 1 atom stereocenters. The quantitative estimate of drug-likeness (QED) is 0.375. The van der Waals surface area contributed by atoms with E-state index in [1.54, 1.807) is 0 Å². The van der Waals surface area contributed by atoms with Crippen LogP contribution < -0.4 is 10.1 Å². The first-order valence-corrected chi connectivity index (χ1v) is 11.9. The second-order valence-electron chi connectivity index (χ2n) is 8.88. The average molecular weight is 469 g/mol. The molecule has 0 spiro atoms. The van der Waals surface area contributed by atoms with Gasteiger partial charge < -0.3 is 14.6 Å². The summed E-state index contributed by atoms with van der Waals surface area (Å²) in [6.45, 7) is 4.13. The lowest BCUT2D eigenvalue weighted by atomic mass is 9.97. The number of amides is 1. The maximum atomic E-state index is 12.9. The molecule has 2 heterocycles. The minimum Gasteiger partial charge on any atom is -0.457 e. The third kappa shape index (κ3) is 5.94. The van der Waals surface area contributed by atoms with Gasteiger partial charge in [0.1, 0.15) is 11.5 Å². The summed E-state index contributed by atoms with van der Waals surface area (Å²) in [6.07, 6.45) is 1.80. The molecule has 1 saturated heterocycles. The molecular weight excluding hydrogens is 440 g/mol. The highest BCUT2D eigenvalue weighted by Crippen LogP contribution is 2.25. The number of carbonyl (C=O) groups is 1. The molecule has 7 heteroatoms. The monoisotopic (exact) mass is 468 g/mol. The van der Waals surface area contributed by atoms with Gasteiger partial charge in [0.25, 0.3) is 0 Å². The number of anilines is 1. The molecule has 1 aliphatic rings. The summed E-state index contributed by atoms with van der Waals surface area (Å²) in [5.74, 6) is 2.59.